The van der Waals surface area contributed by atoms with Crippen LogP contribution >= 0.6 is 11.8 Å². The van der Waals surface area contributed by atoms with E-state index < -0.39 is 0 Å². The van der Waals surface area contributed by atoms with Crippen LogP contribution in [0.1, 0.15) is 25.5 Å². The fraction of sp³-hybridized carbons (Fsp3) is 0.600. The molecule has 1 heterocycles. The predicted octanol–water partition coefficient (Wildman–Crippen LogP) is 2.52. The second-order valence-electron chi connectivity index (χ2n) is 5.38. The molecule has 1 fully saturated rings. The van der Waals surface area contributed by atoms with Gasteiger partial charge in [-0.3, -0.25) is 4.90 Å². The fourth-order valence-corrected chi connectivity index (χ4v) is 3.63. The van der Waals surface area contributed by atoms with Gasteiger partial charge in [-0.15, -0.1) is 0 Å². The molecule has 0 saturated carbocycles. The molecule has 0 bridgehead atoms. The molecule has 0 radical (unpaired) electrons. The summed E-state index contributed by atoms with van der Waals surface area (Å²) in [5, 5.41) is 0. The topological polar surface area (TPSA) is 38.5 Å². The van der Waals surface area contributed by atoms with Crippen molar-refractivity contribution in [2.45, 2.75) is 32.0 Å². The Kier molecular flexibility index (Phi) is 5.13. The van der Waals surface area contributed by atoms with Gasteiger partial charge in [0.25, 0.3) is 0 Å². The molecule has 2 atom stereocenters. The van der Waals surface area contributed by atoms with Crippen LogP contribution in [0.15, 0.2) is 24.3 Å². The Balaban J connectivity index is 2.04. The van der Waals surface area contributed by atoms with Gasteiger partial charge in [0.05, 0.1) is 6.10 Å². The molecule has 1 aromatic rings. The molecule has 2 N–H and O–H groups in total. The Morgan fingerprint density at radius 2 is 2.00 bits per heavy atom. The lowest BCUT2D eigenvalue weighted by molar-refractivity contribution is 0.236. The largest absolute Gasteiger partial charge is 0.491 e. The molecule has 1 aromatic carbocycles. The number of benzene rings is 1. The quantitative estimate of drug-likeness (QED) is 0.920. The number of rotatable bonds is 4. The van der Waals surface area contributed by atoms with Crippen molar-refractivity contribution in [3.05, 3.63) is 29.8 Å². The summed E-state index contributed by atoms with van der Waals surface area (Å²) < 4.78 is 5.66. The molecule has 1 saturated heterocycles. The summed E-state index contributed by atoms with van der Waals surface area (Å²) >= 11 is 1.99. The molecular weight excluding hydrogens is 256 g/mol. The van der Waals surface area contributed by atoms with Crippen LogP contribution in [-0.2, 0) is 0 Å². The zero-order valence-corrected chi connectivity index (χ0v) is 12.8. The molecular formula is C15H24N2OS. The van der Waals surface area contributed by atoms with Crippen molar-refractivity contribution >= 4 is 11.8 Å². The highest BCUT2D eigenvalue weighted by Crippen LogP contribution is 2.26. The maximum atomic E-state index is 6.42. The van der Waals surface area contributed by atoms with Crippen molar-refractivity contribution in [3.63, 3.8) is 0 Å². The van der Waals surface area contributed by atoms with Gasteiger partial charge in [-0.1, -0.05) is 12.1 Å². The predicted molar refractivity (Wildman–Crippen MR) is 82.9 cm³/mol. The van der Waals surface area contributed by atoms with Crippen LogP contribution in [0.4, 0.5) is 0 Å². The van der Waals surface area contributed by atoms with Crippen LogP contribution in [0.5, 0.6) is 5.75 Å². The van der Waals surface area contributed by atoms with Crippen molar-refractivity contribution < 1.29 is 4.74 Å². The number of likely N-dealkylation sites (N-methyl/N-ethyl adjacent to an activating group) is 1. The smallest absolute Gasteiger partial charge is 0.119 e. The van der Waals surface area contributed by atoms with Crippen molar-refractivity contribution in [3.8, 4) is 5.75 Å². The lowest BCUT2D eigenvalue weighted by Gasteiger charge is -2.36. The molecule has 2 unspecified atom stereocenters. The molecule has 1 aliphatic rings. The first-order valence-electron chi connectivity index (χ1n) is 6.88. The molecule has 0 spiro atoms. The van der Waals surface area contributed by atoms with E-state index in [2.05, 4.69) is 24.1 Å². The highest BCUT2D eigenvalue weighted by molar-refractivity contribution is 7.99. The number of nitrogens with two attached hydrogens (primary N) is 1. The molecule has 0 aromatic heterocycles. The van der Waals surface area contributed by atoms with E-state index in [1.54, 1.807) is 0 Å². The van der Waals surface area contributed by atoms with Gasteiger partial charge in [-0.05, 0) is 38.6 Å². The van der Waals surface area contributed by atoms with E-state index in [0.717, 1.165) is 18.0 Å². The SMILES string of the molecule is CC(C)Oc1ccc(C(N)C2CSCCN2C)cc1. The summed E-state index contributed by atoms with van der Waals surface area (Å²) in [5.41, 5.74) is 7.61. The van der Waals surface area contributed by atoms with Crippen LogP contribution in [-0.4, -0.2) is 42.1 Å². The van der Waals surface area contributed by atoms with Gasteiger partial charge in [0, 0.05) is 30.1 Å². The van der Waals surface area contributed by atoms with Gasteiger partial charge in [0.15, 0.2) is 0 Å². The fourth-order valence-electron chi connectivity index (χ4n) is 2.35. The first-order chi connectivity index (χ1) is 9.08. The van der Waals surface area contributed by atoms with E-state index in [4.69, 9.17) is 10.5 Å². The summed E-state index contributed by atoms with van der Waals surface area (Å²) in [6.07, 6.45) is 0.209. The highest BCUT2D eigenvalue weighted by atomic mass is 32.2. The van der Waals surface area contributed by atoms with E-state index in [-0.39, 0.29) is 12.1 Å². The Morgan fingerprint density at radius 1 is 1.32 bits per heavy atom. The second-order valence-corrected chi connectivity index (χ2v) is 6.53. The van der Waals surface area contributed by atoms with E-state index in [1.807, 2.05) is 37.7 Å². The van der Waals surface area contributed by atoms with E-state index >= 15 is 0 Å². The zero-order chi connectivity index (χ0) is 13.8. The Hall–Kier alpha value is -0.710. The minimum absolute atomic E-state index is 0.0749. The molecule has 19 heavy (non-hydrogen) atoms. The Morgan fingerprint density at radius 3 is 2.58 bits per heavy atom. The zero-order valence-electron chi connectivity index (χ0n) is 12.0. The minimum atomic E-state index is 0.0749. The van der Waals surface area contributed by atoms with Crippen LogP contribution in [0.3, 0.4) is 0 Å². The molecule has 3 nitrogen and oxygen atoms in total. The standard InChI is InChI=1S/C15H24N2OS/c1-11(2)18-13-6-4-12(5-7-13)15(16)14-10-19-9-8-17(14)3/h4-7,11,14-15H,8-10,16H2,1-3H3. The Labute approximate surface area is 120 Å². The van der Waals surface area contributed by atoms with Gasteiger partial charge in [0.2, 0.25) is 0 Å². The number of thioether (sulfide) groups is 1. The van der Waals surface area contributed by atoms with Crippen molar-refractivity contribution in [1.82, 2.24) is 4.90 Å². The van der Waals surface area contributed by atoms with Crippen molar-refractivity contribution in [2.24, 2.45) is 5.73 Å². The maximum Gasteiger partial charge on any atom is 0.119 e. The molecule has 2 rings (SSSR count). The average Bonchev–Trinajstić information content (AvgIpc) is 2.39. The Bertz CT molecular complexity index is 394. The van der Waals surface area contributed by atoms with Crippen LogP contribution in [0.2, 0.25) is 0 Å². The first-order valence-corrected chi connectivity index (χ1v) is 8.03. The highest BCUT2D eigenvalue weighted by Gasteiger charge is 2.26. The van der Waals surface area contributed by atoms with Gasteiger partial charge in [-0.2, -0.15) is 11.8 Å². The van der Waals surface area contributed by atoms with Crippen LogP contribution < -0.4 is 10.5 Å². The molecule has 4 heteroatoms. The normalized spacial score (nSPS) is 22.5. The van der Waals surface area contributed by atoms with E-state index in [9.17, 15) is 0 Å². The minimum Gasteiger partial charge on any atom is -0.491 e. The summed E-state index contributed by atoms with van der Waals surface area (Å²) in [6, 6.07) is 8.72. The van der Waals surface area contributed by atoms with Crippen LogP contribution in [0, 0.1) is 0 Å². The third-order valence-electron chi connectivity index (χ3n) is 3.49. The second kappa shape index (κ2) is 6.64. The first kappa shape index (κ1) is 14.7. The lowest BCUT2D eigenvalue weighted by atomic mass is 10.00. The summed E-state index contributed by atoms with van der Waals surface area (Å²) in [5.74, 6) is 3.24. The van der Waals surface area contributed by atoms with Gasteiger partial charge in [0.1, 0.15) is 5.75 Å². The molecule has 0 amide bonds. The molecule has 106 valence electrons. The number of hydrogen-bond donors (Lipinski definition) is 1. The van der Waals surface area contributed by atoms with Gasteiger partial charge < -0.3 is 10.5 Å². The van der Waals surface area contributed by atoms with Crippen molar-refractivity contribution in [2.75, 3.05) is 25.1 Å². The third kappa shape index (κ3) is 3.88. The average molecular weight is 280 g/mol. The number of hydrogen-bond acceptors (Lipinski definition) is 4. The lowest BCUT2D eigenvalue weighted by Crippen LogP contribution is -2.46. The van der Waals surface area contributed by atoms with E-state index in [0.29, 0.717) is 6.04 Å². The third-order valence-corrected chi connectivity index (χ3v) is 4.54. The molecule has 0 aliphatic carbocycles. The summed E-state index contributed by atoms with van der Waals surface area (Å²) in [7, 11) is 2.17. The molecule has 1 aliphatic heterocycles. The summed E-state index contributed by atoms with van der Waals surface area (Å²) in [4.78, 5) is 2.37. The van der Waals surface area contributed by atoms with Crippen LogP contribution in [0.25, 0.3) is 0 Å². The number of nitrogens with zero attached hydrogens (tertiary/aromatic N) is 1. The van der Waals surface area contributed by atoms with Crippen molar-refractivity contribution in [1.29, 1.82) is 0 Å². The number of ether oxygens (including phenoxy) is 1. The van der Waals surface area contributed by atoms with Gasteiger partial charge >= 0.3 is 0 Å². The van der Waals surface area contributed by atoms with E-state index in [1.165, 1.54) is 11.3 Å². The summed E-state index contributed by atoms with van der Waals surface area (Å²) in [6.45, 7) is 5.19. The van der Waals surface area contributed by atoms with Gasteiger partial charge in [-0.25, -0.2) is 0 Å². The monoisotopic (exact) mass is 280 g/mol. The maximum absolute atomic E-state index is 6.42.